The average Bonchev–Trinajstić information content (AvgIpc) is 3.01. The molecule has 0 saturated carbocycles. The topological polar surface area (TPSA) is 105 Å². The maximum Gasteiger partial charge on any atom is 0.416 e. The van der Waals surface area contributed by atoms with E-state index in [0.717, 1.165) is 49.4 Å². The second-order valence-corrected chi connectivity index (χ2v) is 10.6. The first-order valence-corrected chi connectivity index (χ1v) is 14.3. The third-order valence-corrected chi connectivity index (χ3v) is 7.64. The van der Waals surface area contributed by atoms with Gasteiger partial charge in [0, 0.05) is 58.0 Å². The Morgan fingerprint density at radius 1 is 1.05 bits per heavy atom. The van der Waals surface area contributed by atoms with Crippen LogP contribution in [0.5, 0.6) is 17.2 Å². The lowest BCUT2D eigenvalue weighted by Crippen LogP contribution is -2.44. The molecule has 12 heteroatoms. The molecule has 1 aromatic heterocycles. The van der Waals surface area contributed by atoms with Crippen LogP contribution in [0.2, 0.25) is 0 Å². The van der Waals surface area contributed by atoms with Gasteiger partial charge in [-0.3, -0.25) is 19.5 Å². The zero-order chi connectivity index (χ0) is 30.4. The molecule has 2 aliphatic rings. The summed E-state index contributed by atoms with van der Waals surface area (Å²) in [5.41, 5.74) is 1.36. The van der Waals surface area contributed by atoms with Crippen LogP contribution in [0.4, 0.5) is 18.9 Å². The summed E-state index contributed by atoms with van der Waals surface area (Å²) in [6.07, 6.45) is -1.49. The number of anilines is 1. The number of aromatic nitrogens is 1. The zero-order valence-electron chi connectivity index (χ0n) is 23.8. The van der Waals surface area contributed by atoms with Crippen LogP contribution in [-0.2, 0) is 23.8 Å². The van der Waals surface area contributed by atoms with Crippen molar-refractivity contribution in [1.82, 2.24) is 20.5 Å². The number of halogens is 3. The highest BCUT2D eigenvalue weighted by molar-refractivity contribution is 5.94. The van der Waals surface area contributed by atoms with Gasteiger partial charge in [0.2, 0.25) is 5.91 Å². The summed E-state index contributed by atoms with van der Waals surface area (Å²) < 4.78 is 52.4. The molecule has 228 valence electrons. The van der Waals surface area contributed by atoms with Gasteiger partial charge >= 0.3 is 6.18 Å². The number of carbonyl (C=O) groups excluding carboxylic acids is 2. The van der Waals surface area contributed by atoms with E-state index in [-0.39, 0.29) is 35.6 Å². The Morgan fingerprint density at radius 2 is 1.84 bits per heavy atom. The molecule has 0 spiro atoms. The van der Waals surface area contributed by atoms with E-state index in [1.807, 2.05) is 18.2 Å². The maximum absolute atomic E-state index is 13.5. The highest BCUT2D eigenvalue weighted by Crippen LogP contribution is 2.36. The Morgan fingerprint density at radius 3 is 2.60 bits per heavy atom. The summed E-state index contributed by atoms with van der Waals surface area (Å²) in [4.78, 5) is 31.5. The minimum Gasteiger partial charge on any atom is -0.490 e. The number of pyridine rings is 1. The highest BCUT2D eigenvalue weighted by Gasteiger charge is 2.32. The summed E-state index contributed by atoms with van der Waals surface area (Å²) in [6, 6.07) is 12.0. The molecule has 5 rings (SSSR count). The first-order chi connectivity index (χ1) is 20.7. The molecule has 1 saturated heterocycles. The highest BCUT2D eigenvalue weighted by atomic mass is 19.4. The number of fused-ring (bicyclic) bond motifs is 1. The number of carbonyl (C=O) groups is 2. The molecule has 1 fully saturated rings. The normalized spacial score (nSPS) is 17.1. The van der Waals surface area contributed by atoms with Gasteiger partial charge in [-0.1, -0.05) is 6.07 Å². The monoisotopic (exact) mass is 597 g/mol. The van der Waals surface area contributed by atoms with Crippen LogP contribution >= 0.6 is 0 Å². The van der Waals surface area contributed by atoms with Gasteiger partial charge in [-0.15, -0.1) is 0 Å². The number of hydrogen-bond acceptors (Lipinski definition) is 7. The lowest BCUT2D eigenvalue weighted by molar-refractivity contribution is -0.137. The van der Waals surface area contributed by atoms with Gasteiger partial charge in [0.25, 0.3) is 5.91 Å². The molecule has 0 radical (unpaired) electrons. The third kappa shape index (κ3) is 7.82. The Balaban J connectivity index is 1.27. The summed E-state index contributed by atoms with van der Waals surface area (Å²) in [5.74, 6) is 0.0226. The predicted molar refractivity (Wildman–Crippen MR) is 155 cm³/mol. The van der Waals surface area contributed by atoms with Gasteiger partial charge in [0.15, 0.2) is 0 Å². The minimum absolute atomic E-state index is 0.00706. The van der Waals surface area contributed by atoms with E-state index in [9.17, 15) is 22.8 Å². The number of amides is 2. The van der Waals surface area contributed by atoms with Crippen molar-refractivity contribution in [3.05, 3.63) is 77.1 Å². The van der Waals surface area contributed by atoms with Crippen LogP contribution in [0.15, 0.2) is 54.7 Å². The summed E-state index contributed by atoms with van der Waals surface area (Å²) >= 11 is 0. The molecule has 1 unspecified atom stereocenters. The van der Waals surface area contributed by atoms with Crippen LogP contribution in [0.3, 0.4) is 0 Å². The van der Waals surface area contributed by atoms with Crippen molar-refractivity contribution < 1.29 is 32.2 Å². The SMILES string of the molecule is CNC(=O)c1cc(Oc2ccc3c(c2)CC(C(=O)Nc2cc(C(F)(F)F)ccc2OCCN2CCNCC2)CC3)ccn1. The van der Waals surface area contributed by atoms with Crippen molar-refractivity contribution in [1.29, 1.82) is 0 Å². The van der Waals surface area contributed by atoms with Crippen LogP contribution in [0.25, 0.3) is 0 Å². The van der Waals surface area contributed by atoms with E-state index < -0.39 is 17.7 Å². The van der Waals surface area contributed by atoms with Gasteiger partial charge in [-0.2, -0.15) is 13.2 Å². The molecular weight excluding hydrogens is 563 g/mol. The number of nitrogens with zero attached hydrogens (tertiary/aromatic N) is 2. The summed E-state index contributed by atoms with van der Waals surface area (Å²) in [7, 11) is 1.52. The standard InChI is InChI=1S/C31H34F3N5O4/c1-35-30(41)27-19-25(8-9-37-27)43-24-6-4-20-2-3-21(16-22(20)17-24)29(40)38-26-18-23(31(32,33)34)5-7-28(26)42-15-14-39-12-10-36-11-13-39/h4-9,17-19,21,36H,2-3,10-16H2,1H3,(H,35,41)(H,38,40). The Bertz CT molecular complexity index is 1460. The molecule has 2 aromatic carbocycles. The van der Waals surface area contributed by atoms with E-state index >= 15 is 0 Å². The number of nitrogens with one attached hydrogen (secondary N) is 3. The third-order valence-electron chi connectivity index (χ3n) is 7.64. The molecule has 1 aliphatic carbocycles. The Labute approximate surface area is 247 Å². The number of benzene rings is 2. The molecule has 2 amide bonds. The van der Waals surface area contributed by atoms with E-state index in [1.165, 1.54) is 25.4 Å². The van der Waals surface area contributed by atoms with Gasteiger partial charge in [0.1, 0.15) is 29.5 Å². The quantitative estimate of drug-likeness (QED) is 0.338. The molecule has 0 bridgehead atoms. The molecule has 2 heterocycles. The lowest BCUT2D eigenvalue weighted by atomic mass is 9.83. The fourth-order valence-corrected chi connectivity index (χ4v) is 5.27. The zero-order valence-corrected chi connectivity index (χ0v) is 23.8. The van der Waals surface area contributed by atoms with Crippen LogP contribution in [0, 0.1) is 5.92 Å². The largest absolute Gasteiger partial charge is 0.490 e. The smallest absolute Gasteiger partial charge is 0.416 e. The predicted octanol–water partition coefficient (Wildman–Crippen LogP) is 4.28. The number of rotatable bonds is 9. The lowest BCUT2D eigenvalue weighted by Gasteiger charge is -2.27. The second kappa shape index (κ2) is 13.4. The van der Waals surface area contributed by atoms with Crippen LogP contribution in [-0.4, -0.2) is 68.1 Å². The van der Waals surface area contributed by atoms with Crippen molar-refractivity contribution in [2.45, 2.75) is 25.4 Å². The van der Waals surface area contributed by atoms with E-state index in [0.29, 0.717) is 37.3 Å². The fraction of sp³-hybridized carbons (Fsp3) is 0.387. The van der Waals surface area contributed by atoms with Crippen molar-refractivity contribution in [2.75, 3.05) is 51.7 Å². The van der Waals surface area contributed by atoms with Crippen molar-refractivity contribution in [2.24, 2.45) is 5.92 Å². The summed E-state index contributed by atoms with van der Waals surface area (Å²) in [6.45, 7) is 4.41. The van der Waals surface area contributed by atoms with E-state index in [2.05, 4.69) is 25.8 Å². The fourth-order valence-electron chi connectivity index (χ4n) is 5.27. The van der Waals surface area contributed by atoms with Crippen LogP contribution in [0.1, 0.15) is 33.6 Å². The number of piperazine rings is 1. The van der Waals surface area contributed by atoms with E-state index in [4.69, 9.17) is 9.47 Å². The molecule has 43 heavy (non-hydrogen) atoms. The number of ether oxygens (including phenoxy) is 2. The van der Waals surface area contributed by atoms with Gasteiger partial charge in [-0.05, 0) is 66.8 Å². The van der Waals surface area contributed by atoms with Crippen molar-refractivity contribution in [3.63, 3.8) is 0 Å². The Hall–Kier alpha value is -4.16. The van der Waals surface area contributed by atoms with Crippen molar-refractivity contribution >= 4 is 17.5 Å². The molecule has 1 aliphatic heterocycles. The molecule has 9 nitrogen and oxygen atoms in total. The first kappa shape index (κ1) is 30.3. The second-order valence-electron chi connectivity index (χ2n) is 10.6. The number of hydrogen-bond donors (Lipinski definition) is 3. The molecular formula is C31H34F3N5O4. The number of aryl methyl sites for hydroxylation is 1. The van der Waals surface area contributed by atoms with Crippen LogP contribution < -0.4 is 25.4 Å². The summed E-state index contributed by atoms with van der Waals surface area (Å²) in [5, 5.41) is 8.52. The van der Waals surface area contributed by atoms with Crippen molar-refractivity contribution in [3.8, 4) is 17.2 Å². The van der Waals surface area contributed by atoms with Gasteiger partial charge in [0.05, 0.1) is 11.3 Å². The maximum atomic E-state index is 13.5. The minimum atomic E-state index is -4.56. The first-order valence-electron chi connectivity index (χ1n) is 14.3. The van der Waals surface area contributed by atoms with Gasteiger partial charge in [-0.25, -0.2) is 0 Å². The number of alkyl halides is 3. The average molecular weight is 598 g/mol. The Kier molecular flexibility index (Phi) is 9.46. The molecule has 3 aromatic rings. The van der Waals surface area contributed by atoms with E-state index in [1.54, 1.807) is 6.07 Å². The molecule has 1 atom stereocenters. The van der Waals surface area contributed by atoms with Gasteiger partial charge < -0.3 is 25.4 Å². The molecule has 3 N–H and O–H groups in total.